The lowest BCUT2D eigenvalue weighted by molar-refractivity contribution is -0.144. The van der Waals surface area contributed by atoms with Crippen LogP contribution in [0.2, 0.25) is 0 Å². The quantitative estimate of drug-likeness (QED) is 0.0580. The van der Waals surface area contributed by atoms with E-state index in [1.54, 1.807) is 13.8 Å². The van der Waals surface area contributed by atoms with Gasteiger partial charge >= 0.3 is 11.9 Å². The van der Waals surface area contributed by atoms with Gasteiger partial charge in [-0.05, 0) is 37.2 Å². The minimum Gasteiger partial charge on any atom is -0.481 e. The molecule has 0 radical (unpaired) electrons. The maximum absolute atomic E-state index is 12.8. The van der Waals surface area contributed by atoms with Crippen LogP contribution in [0.1, 0.15) is 39.5 Å². The Kier molecular flexibility index (Phi) is 15.1. The monoisotopic (exact) mass is 519 g/mol. The number of hydrogen-bond donors (Lipinski definition) is 8. The molecule has 35 heavy (non-hydrogen) atoms. The summed E-state index contributed by atoms with van der Waals surface area (Å²) in [6.07, 6.45) is 1.64. The van der Waals surface area contributed by atoms with Gasteiger partial charge in [0.25, 0.3) is 0 Å². The molecule has 0 heterocycles. The molecule has 0 fully saturated rings. The summed E-state index contributed by atoms with van der Waals surface area (Å²) in [6.45, 7) is 3.44. The van der Waals surface area contributed by atoms with Crippen molar-refractivity contribution in [3.8, 4) is 0 Å². The van der Waals surface area contributed by atoms with Crippen LogP contribution in [0.25, 0.3) is 0 Å². The minimum absolute atomic E-state index is 0.0375. The minimum atomic E-state index is -1.58. The van der Waals surface area contributed by atoms with Crippen LogP contribution in [-0.4, -0.2) is 88.6 Å². The third-order valence-corrected chi connectivity index (χ3v) is 5.43. The summed E-state index contributed by atoms with van der Waals surface area (Å²) in [7, 11) is 0. The van der Waals surface area contributed by atoms with Crippen LogP contribution >= 0.6 is 11.8 Å². The van der Waals surface area contributed by atoms with E-state index in [1.165, 1.54) is 11.8 Å². The molecule has 11 N–H and O–H groups in total. The standard InChI is InChI=1S/C20H37N7O7S/c1-10(2)15(27-16(30)11(21)6-8-35-3)18(32)26-13(9-14(28)29)17(31)25-12(19(33)34)5-4-7-24-20(22)23/h10-13,15H,4-9,21H2,1-3H3,(H,25,31)(H,26,32)(H,27,30)(H,28,29)(H,33,34)(H4,22,23,24). The number of thioether (sulfide) groups is 1. The molecule has 0 aliphatic rings. The lowest BCUT2D eigenvalue weighted by Gasteiger charge is -2.26. The molecule has 4 atom stereocenters. The second kappa shape index (κ2) is 16.5. The Bertz CT molecular complexity index is 775. The molecule has 3 amide bonds. The van der Waals surface area contributed by atoms with Gasteiger partial charge in [0.05, 0.1) is 12.5 Å². The molecule has 14 nitrogen and oxygen atoms in total. The molecule has 0 spiro atoms. The normalized spacial score (nSPS) is 14.2. The summed E-state index contributed by atoms with van der Waals surface area (Å²) in [4.78, 5) is 64.4. The number of nitrogens with zero attached hydrogens (tertiary/aromatic N) is 1. The summed E-state index contributed by atoms with van der Waals surface area (Å²) in [5.41, 5.74) is 16.3. The van der Waals surface area contributed by atoms with Crippen molar-refractivity contribution in [1.82, 2.24) is 16.0 Å². The van der Waals surface area contributed by atoms with Gasteiger partial charge in [0.15, 0.2) is 5.96 Å². The number of carbonyl (C=O) groups excluding carboxylic acids is 3. The summed E-state index contributed by atoms with van der Waals surface area (Å²) in [6, 6.07) is -4.88. The van der Waals surface area contributed by atoms with Crippen molar-refractivity contribution in [2.24, 2.45) is 28.1 Å². The van der Waals surface area contributed by atoms with E-state index in [0.717, 1.165) is 0 Å². The number of guanidine groups is 1. The topological polar surface area (TPSA) is 252 Å². The number of rotatable bonds is 17. The Hall–Kier alpha value is -3.07. The second-order valence-corrected chi connectivity index (χ2v) is 9.11. The molecule has 0 aliphatic carbocycles. The van der Waals surface area contributed by atoms with Gasteiger partial charge in [0.2, 0.25) is 17.7 Å². The molecule has 0 saturated heterocycles. The number of carbonyl (C=O) groups is 5. The number of carboxylic acid groups (broad SMARTS) is 2. The lowest BCUT2D eigenvalue weighted by Crippen LogP contribution is -2.58. The third-order valence-electron chi connectivity index (χ3n) is 4.79. The third kappa shape index (κ3) is 13.4. The van der Waals surface area contributed by atoms with Crippen LogP contribution in [-0.2, 0) is 24.0 Å². The largest absolute Gasteiger partial charge is 0.481 e. The van der Waals surface area contributed by atoms with Crippen LogP contribution in [0.3, 0.4) is 0 Å². The van der Waals surface area contributed by atoms with E-state index in [4.69, 9.17) is 17.2 Å². The first-order valence-corrected chi connectivity index (χ1v) is 12.3. The zero-order chi connectivity index (χ0) is 27.1. The van der Waals surface area contributed by atoms with Crippen LogP contribution < -0.4 is 33.2 Å². The number of aliphatic carboxylic acids is 2. The number of carboxylic acids is 2. The smallest absolute Gasteiger partial charge is 0.326 e. The molecule has 4 unspecified atom stereocenters. The Balaban J connectivity index is 5.37. The highest BCUT2D eigenvalue weighted by atomic mass is 32.2. The van der Waals surface area contributed by atoms with E-state index in [-0.39, 0.29) is 25.3 Å². The first kappa shape index (κ1) is 31.9. The summed E-state index contributed by atoms with van der Waals surface area (Å²) < 4.78 is 0. The zero-order valence-electron chi connectivity index (χ0n) is 20.2. The van der Waals surface area contributed by atoms with E-state index >= 15 is 0 Å². The summed E-state index contributed by atoms with van der Waals surface area (Å²) >= 11 is 1.51. The highest BCUT2D eigenvalue weighted by Crippen LogP contribution is 2.07. The highest BCUT2D eigenvalue weighted by Gasteiger charge is 2.32. The number of aliphatic imine (C=N–C) groups is 1. The molecule has 0 bridgehead atoms. The first-order chi connectivity index (χ1) is 16.3. The lowest BCUT2D eigenvalue weighted by atomic mass is 10.0. The van der Waals surface area contributed by atoms with Crippen LogP contribution in [0.15, 0.2) is 4.99 Å². The van der Waals surface area contributed by atoms with Crippen molar-refractivity contribution in [3.05, 3.63) is 0 Å². The predicted octanol–water partition coefficient (Wildman–Crippen LogP) is -2.21. The fourth-order valence-electron chi connectivity index (χ4n) is 2.85. The number of nitrogens with one attached hydrogen (secondary N) is 3. The van der Waals surface area contributed by atoms with Crippen molar-refractivity contribution >= 4 is 47.4 Å². The Morgan fingerprint density at radius 2 is 1.51 bits per heavy atom. The van der Waals surface area contributed by atoms with Gasteiger partial charge in [-0.25, -0.2) is 4.79 Å². The zero-order valence-corrected chi connectivity index (χ0v) is 21.0. The Labute approximate surface area is 208 Å². The molecular weight excluding hydrogens is 482 g/mol. The fraction of sp³-hybridized carbons (Fsp3) is 0.700. The Morgan fingerprint density at radius 3 is 2.00 bits per heavy atom. The van der Waals surface area contributed by atoms with E-state index in [2.05, 4.69) is 20.9 Å². The van der Waals surface area contributed by atoms with E-state index < -0.39 is 66.2 Å². The highest BCUT2D eigenvalue weighted by molar-refractivity contribution is 7.98. The molecule has 0 aromatic rings. The van der Waals surface area contributed by atoms with Gasteiger partial charge in [-0.15, -0.1) is 0 Å². The summed E-state index contributed by atoms with van der Waals surface area (Å²) in [5, 5.41) is 25.6. The number of nitrogens with two attached hydrogens (primary N) is 3. The summed E-state index contributed by atoms with van der Waals surface area (Å²) in [5.74, 6) is -5.04. The van der Waals surface area contributed by atoms with E-state index in [0.29, 0.717) is 12.2 Å². The Morgan fingerprint density at radius 1 is 0.914 bits per heavy atom. The molecule has 15 heteroatoms. The average molecular weight is 520 g/mol. The van der Waals surface area contributed by atoms with Gasteiger partial charge in [-0.2, -0.15) is 11.8 Å². The van der Waals surface area contributed by atoms with Gasteiger partial charge in [0.1, 0.15) is 18.1 Å². The van der Waals surface area contributed by atoms with Gasteiger partial charge in [-0.1, -0.05) is 13.8 Å². The van der Waals surface area contributed by atoms with Crippen molar-refractivity contribution in [2.45, 2.75) is 63.7 Å². The second-order valence-electron chi connectivity index (χ2n) is 8.13. The number of amides is 3. The van der Waals surface area contributed by atoms with Crippen molar-refractivity contribution in [2.75, 3.05) is 18.6 Å². The van der Waals surface area contributed by atoms with Gasteiger partial charge in [-0.3, -0.25) is 24.2 Å². The molecule has 0 aliphatic heterocycles. The molecule has 0 aromatic heterocycles. The van der Waals surface area contributed by atoms with Crippen molar-refractivity contribution < 1.29 is 34.2 Å². The SMILES string of the molecule is CSCCC(N)C(=O)NC(C(=O)NC(CC(=O)O)C(=O)NC(CCCN=C(N)N)C(=O)O)C(C)C. The fourth-order valence-corrected chi connectivity index (χ4v) is 3.34. The van der Waals surface area contributed by atoms with E-state index in [1.807, 2.05) is 6.26 Å². The molecular formula is C20H37N7O7S. The van der Waals surface area contributed by atoms with E-state index in [9.17, 15) is 34.2 Å². The van der Waals surface area contributed by atoms with Crippen LogP contribution in [0.5, 0.6) is 0 Å². The molecule has 0 aromatic carbocycles. The number of hydrogen-bond acceptors (Lipinski definition) is 8. The maximum atomic E-state index is 12.8. The predicted molar refractivity (Wildman–Crippen MR) is 131 cm³/mol. The van der Waals surface area contributed by atoms with Crippen LogP contribution in [0.4, 0.5) is 0 Å². The molecule has 0 rings (SSSR count). The average Bonchev–Trinajstić information content (AvgIpc) is 2.75. The van der Waals surface area contributed by atoms with Crippen molar-refractivity contribution in [3.63, 3.8) is 0 Å². The van der Waals surface area contributed by atoms with Gasteiger partial charge in [0, 0.05) is 6.54 Å². The molecule has 200 valence electrons. The maximum Gasteiger partial charge on any atom is 0.326 e. The van der Waals surface area contributed by atoms with Gasteiger partial charge < -0.3 is 43.4 Å². The van der Waals surface area contributed by atoms with Crippen LogP contribution in [0, 0.1) is 5.92 Å². The van der Waals surface area contributed by atoms with Crippen molar-refractivity contribution in [1.29, 1.82) is 0 Å². The first-order valence-electron chi connectivity index (χ1n) is 11.0. The molecule has 0 saturated carbocycles.